The molecule has 0 atom stereocenters. The molecule has 44 valence electrons. The van der Waals surface area contributed by atoms with Gasteiger partial charge in [0.2, 0.25) is 0 Å². The molecule has 2 heteroatoms. The van der Waals surface area contributed by atoms with E-state index in [-0.39, 0.29) is 0 Å². The van der Waals surface area contributed by atoms with Crippen LogP contribution in [0.15, 0.2) is 24.6 Å². The van der Waals surface area contributed by atoms with Crippen LogP contribution in [0.1, 0.15) is 0 Å². The Morgan fingerprint density at radius 2 is 2.25 bits per heavy atom. The lowest BCUT2D eigenvalue weighted by atomic mass is 10.4. The molecular formula is C6H9NO. The number of hydrogen-bond donors (Lipinski definition) is 1. The van der Waals surface area contributed by atoms with Gasteiger partial charge in [-0.15, -0.1) is 0 Å². The average Bonchev–Trinajstić information content (AvgIpc) is 1.77. The van der Waals surface area contributed by atoms with Crippen LogP contribution in [-0.4, -0.2) is 13.2 Å². The van der Waals surface area contributed by atoms with Crippen molar-refractivity contribution in [2.75, 3.05) is 13.2 Å². The molecule has 0 bridgehead atoms. The van der Waals surface area contributed by atoms with E-state index in [0.29, 0.717) is 12.4 Å². The Morgan fingerprint density at radius 3 is 2.62 bits per heavy atom. The van der Waals surface area contributed by atoms with Gasteiger partial charge >= 0.3 is 0 Å². The zero-order valence-electron chi connectivity index (χ0n) is 4.74. The molecular weight excluding hydrogens is 102 g/mol. The summed E-state index contributed by atoms with van der Waals surface area (Å²) in [5, 5.41) is 3.01. The van der Waals surface area contributed by atoms with Gasteiger partial charge in [-0.3, -0.25) is 0 Å². The van der Waals surface area contributed by atoms with Crippen molar-refractivity contribution in [3.63, 3.8) is 0 Å². The summed E-state index contributed by atoms with van der Waals surface area (Å²) >= 11 is 0. The summed E-state index contributed by atoms with van der Waals surface area (Å²) in [5.74, 6) is 0.663. The third kappa shape index (κ3) is 0.832. The van der Waals surface area contributed by atoms with Crippen LogP contribution in [0.25, 0.3) is 0 Å². The Labute approximate surface area is 48.8 Å². The monoisotopic (exact) mass is 111 g/mol. The first-order chi connectivity index (χ1) is 3.80. The van der Waals surface area contributed by atoms with E-state index in [1.807, 2.05) is 0 Å². The third-order valence-corrected chi connectivity index (χ3v) is 1.05. The van der Waals surface area contributed by atoms with Gasteiger partial charge in [0.05, 0.1) is 5.70 Å². The summed E-state index contributed by atoms with van der Waals surface area (Å²) in [4.78, 5) is 0. The number of morpholine rings is 1. The van der Waals surface area contributed by atoms with Crippen molar-refractivity contribution in [1.29, 1.82) is 0 Å². The average molecular weight is 111 g/mol. The Balaban J connectivity index is 2.52. The molecule has 0 aromatic heterocycles. The van der Waals surface area contributed by atoms with E-state index in [1.165, 1.54) is 0 Å². The van der Waals surface area contributed by atoms with Gasteiger partial charge in [-0.05, 0) is 0 Å². The molecule has 1 aliphatic rings. The zero-order valence-corrected chi connectivity index (χ0v) is 4.74. The SMILES string of the molecule is C=C1NCCOC1=C. The smallest absolute Gasteiger partial charge is 0.134 e. The Morgan fingerprint density at radius 1 is 1.50 bits per heavy atom. The minimum absolute atomic E-state index is 0.663. The molecule has 0 aromatic rings. The fraction of sp³-hybridized carbons (Fsp3) is 0.333. The Hall–Kier alpha value is -0.920. The zero-order chi connectivity index (χ0) is 5.98. The topological polar surface area (TPSA) is 21.3 Å². The molecule has 0 saturated carbocycles. The van der Waals surface area contributed by atoms with Crippen LogP contribution in [0.2, 0.25) is 0 Å². The van der Waals surface area contributed by atoms with Crippen molar-refractivity contribution in [3.8, 4) is 0 Å². The van der Waals surface area contributed by atoms with Gasteiger partial charge in [-0.25, -0.2) is 0 Å². The van der Waals surface area contributed by atoms with Gasteiger partial charge in [0, 0.05) is 6.54 Å². The molecule has 0 aliphatic carbocycles. The highest BCUT2D eigenvalue weighted by molar-refractivity contribution is 5.18. The summed E-state index contributed by atoms with van der Waals surface area (Å²) < 4.78 is 5.03. The number of nitrogens with one attached hydrogen (secondary N) is 1. The lowest BCUT2D eigenvalue weighted by Gasteiger charge is -2.18. The van der Waals surface area contributed by atoms with Gasteiger partial charge in [0.25, 0.3) is 0 Å². The molecule has 2 nitrogen and oxygen atoms in total. The van der Waals surface area contributed by atoms with E-state index in [2.05, 4.69) is 18.5 Å². The van der Waals surface area contributed by atoms with Crippen LogP contribution < -0.4 is 5.32 Å². The van der Waals surface area contributed by atoms with Crippen LogP contribution >= 0.6 is 0 Å². The van der Waals surface area contributed by atoms with Crippen LogP contribution in [0, 0.1) is 0 Å². The first-order valence-corrected chi connectivity index (χ1v) is 2.55. The number of hydrogen-bond acceptors (Lipinski definition) is 2. The van der Waals surface area contributed by atoms with Gasteiger partial charge in [0.1, 0.15) is 12.4 Å². The molecule has 1 heterocycles. The van der Waals surface area contributed by atoms with E-state index >= 15 is 0 Å². The highest BCUT2D eigenvalue weighted by Crippen LogP contribution is 2.05. The summed E-state index contributed by atoms with van der Waals surface area (Å²) in [5.41, 5.74) is 0.802. The third-order valence-electron chi connectivity index (χ3n) is 1.05. The van der Waals surface area contributed by atoms with Gasteiger partial charge in [-0.2, -0.15) is 0 Å². The molecule has 8 heavy (non-hydrogen) atoms. The van der Waals surface area contributed by atoms with E-state index in [0.717, 1.165) is 12.2 Å². The molecule has 0 unspecified atom stereocenters. The van der Waals surface area contributed by atoms with E-state index in [1.54, 1.807) is 0 Å². The predicted octanol–water partition coefficient (Wildman–Crippen LogP) is 0.634. The second kappa shape index (κ2) is 1.90. The maximum atomic E-state index is 5.03. The minimum atomic E-state index is 0.663. The molecule has 0 spiro atoms. The molecule has 1 N–H and O–H groups in total. The molecule has 1 fully saturated rings. The van der Waals surface area contributed by atoms with Crippen molar-refractivity contribution < 1.29 is 4.74 Å². The lowest BCUT2D eigenvalue weighted by Crippen LogP contribution is -2.25. The Kier molecular flexibility index (Phi) is 1.24. The van der Waals surface area contributed by atoms with Gasteiger partial charge in [0.15, 0.2) is 0 Å². The van der Waals surface area contributed by atoms with Crippen molar-refractivity contribution >= 4 is 0 Å². The molecule has 0 aromatic carbocycles. The maximum absolute atomic E-state index is 5.03. The largest absolute Gasteiger partial charge is 0.490 e. The quantitative estimate of drug-likeness (QED) is 0.495. The van der Waals surface area contributed by atoms with Crippen molar-refractivity contribution in [2.45, 2.75) is 0 Å². The number of ether oxygens (including phenoxy) is 1. The summed E-state index contributed by atoms with van der Waals surface area (Å²) in [6.45, 7) is 8.82. The minimum Gasteiger partial charge on any atom is -0.490 e. The second-order valence-electron chi connectivity index (χ2n) is 1.68. The summed E-state index contributed by atoms with van der Waals surface area (Å²) in [7, 11) is 0. The van der Waals surface area contributed by atoms with Crippen LogP contribution in [-0.2, 0) is 4.74 Å². The Bertz CT molecular complexity index is 112. The standard InChI is InChI=1S/C6H9NO/c1-5-6(2)8-4-3-7-5/h7H,1-4H2. The second-order valence-corrected chi connectivity index (χ2v) is 1.68. The lowest BCUT2D eigenvalue weighted by molar-refractivity contribution is 0.199. The molecule has 0 amide bonds. The highest BCUT2D eigenvalue weighted by Gasteiger charge is 2.04. The predicted molar refractivity (Wildman–Crippen MR) is 32.2 cm³/mol. The van der Waals surface area contributed by atoms with E-state index in [4.69, 9.17) is 4.74 Å². The normalized spacial score (nSPS) is 19.5. The van der Waals surface area contributed by atoms with Crippen LogP contribution in [0.4, 0.5) is 0 Å². The van der Waals surface area contributed by atoms with E-state index < -0.39 is 0 Å². The van der Waals surface area contributed by atoms with Crippen molar-refractivity contribution in [3.05, 3.63) is 24.6 Å². The van der Waals surface area contributed by atoms with Crippen LogP contribution in [0.3, 0.4) is 0 Å². The summed E-state index contributed by atoms with van der Waals surface area (Å²) in [6.07, 6.45) is 0. The van der Waals surface area contributed by atoms with Crippen LogP contribution in [0.5, 0.6) is 0 Å². The van der Waals surface area contributed by atoms with Crippen molar-refractivity contribution in [2.24, 2.45) is 0 Å². The fourth-order valence-electron chi connectivity index (χ4n) is 0.562. The fourth-order valence-corrected chi connectivity index (χ4v) is 0.562. The van der Waals surface area contributed by atoms with E-state index in [9.17, 15) is 0 Å². The first kappa shape index (κ1) is 5.22. The molecule has 1 aliphatic heterocycles. The summed E-state index contributed by atoms with van der Waals surface area (Å²) in [6, 6.07) is 0. The van der Waals surface area contributed by atoms with Gasteiger partial charge < -0.3 is 10.1 Å². The molecule has 1 saturated heterocycles. The maximum Gasteiger partial charge on any atom is 0.134 e. The van der Waals surface area contributed by atoms with Crippen molar-refractivity contribution in [1.82, 2.24) is 5.32 Å². The molecule has 1 rings (SSSR count). The highest BCUT2D eigenvalue weighted by atomic mass is 16.5. The first-order valence-electron chi connectivity index (χ1n) is 2.55. The van der Waals surface area contributed by atoms with Gasteiger partial charge in [-0.1, -0.05) is 13.2 Å². The number of rotatable bonds is 0. The molecule has 0 radical (unpaired) electrons.